The Morgan fingerprint density at radius 1 is 0.941 bits per heavy atom. The molecule has 0 aromatic heterocycles. The summed E-state index contributed by atoms with van der Waals surface area (Å²) in [4.78, 5) is 11.2. The lowest BCUT2D eigenvalue weighted by atomic mass is 9.79. The molecule has 2 nitrogen and oxygen atoms in total. The molecule has 0 aliphatic carbocycles. The van der Waals surface area contributed by atoms with Crippen LogP contribution in [0.2, 0.25) is 0 Å². The van der Waals surface area contributed by atoms with Crippen LogP contribution in [0, 0.1) is 0 Å². The van der Waals surface area contributed by atoms with Crippen LogP contribution in [-0.2, 0) is 10.8 Å². The van der Waals surface area contributed by atoms with Crippen LogP contribution in [0.15, 0.2) is 12.1 Å². The van der Waals surface area contributed by atoms with Gasteiger partial charge in [0.1, 0.15) is 12.0 Å². The molecule has 0 heterocycles. The fourth-order valence-corrected chi connectivity index (χ4v) is 1.95. The molecule has 0 radical (unpaired) electrons. The van der Waals surface area contributed by atoms with Crippen molar-refractivity contribution in [3.63, 3.8) is 0 Å². The van der Waals surface area contributed by atoms with Crippen LogP contribution in [0.3, 0.4) is 0 Å². The summed E-state index contributed by atoms with van der Waals surface area (Å²) >= 11 is 0. The van der Waals surface area contributed by atoms with Gasteiger partial charge >= 0.3 is 0 Å². The van der Waals surface area contributed by atoms with Crippen molar-refractivity contribution in [1.29, 1.82) is 0 Å². The van der Waals surface area contributed by atoms with E-state index in [-0.39, 0.29) is 16.6 Å². The highest BCUT2D eigenvalue weighted by atomic mass is 16.3. The van der Waals surface area contributed by atoms with Crippen LogP contribution in [-0.4, -0.2) is 11.4 Å². The molecule has 94 valence electrons. The van der Waals surface area contributed by atoms with Gasteiger partial charge in [0.2, 0.25) is 0 Å². The van der Waals surface area contributed by atoms with E-state index in [1.165, 1.54) is 0 Å². The summed E-state index contributed by atoms with van der Waals surface area (Å²) in [5.41, 5.74) is 2.05. The quantitative estimate of drug-likeness (QED) is 0.750. The second-order valence-corrected chi connectivity index (χ2v) is 6.57. The van der Waals surface area contributed by atoms with Crippen LogP contribution in [0.4, 0.5) is 0 Å². The fraction of sp³-hybridized carbons (Fsp3) is 0.533. The average molecular weight is 234 g/mol. The minimum atomic E-state index is -0.168. The number of phenols is 1. The van der Waals surface area contributed by atoms with E-state index in [1.54, 1.807) is 6.07 Å². The highest BCUT2D eigenvalue weighted by molar-refractivity contribution is 5.79. The summed E-state index contributed by atoms with van der Waals surface area (Å²) < 4.78 is 0. The maximum atomic E-state index is 11.2. The summed E-state index contributed by atoms with van der Waals surface area (Å²) in [5, 5.41) is 10.1. The molecule has 17 heavy (non-hydrogen) atoms. The van der Waals surface area contributed by atoms with Gasteiger partial charge in [-0.15, -0.1) is 0 Å². The first-order valence-corrected chi connectivity index (χ1v) is 5.90. The van der Waals surface area contributed by atoms with E-state index in [0.717, 1.165) is 17.4 Å². The molecular formula is C15H22O2. The number of phenolic OH excluding ortho intramolecular Hbond substituents is 1. The minimum absolute atomic E-state index is 0.149. The van der Waals surface area contributed by atoms with Crippen LogP contribution >= 0.6 is 0 Å². The van der Waals surface area contributed by atoms with E-state index >= 15 is 0 Å². The SMILES string of the molecule is CC(C)(C)c1cc(C=O)c(C(C)(C)C)cc1O. The van der Waals surface area contributed by atoms with Crippen LogP contribution < -0.4 is 0 Å². The third kappa shape index (κ3) is 2.87. The fourth-order valence-electron chi connectivity index (χ4n) is 1.95. The smallest absolute Gasteiger partial charge is 0.150 e. The second kappa shape index (κ2) is 4.17. The Balaban J connectivity index is 3.51. The lowest BCUT2D eigenvalue weighted by Gasteiger charge is -2.26. The zero-order chi connectivity index (χ0) is 13.4. The standard InChI is InChI=1S/C15H22O2/c1-14(2,3)11-8-13(17)12(15(4,5)6)7-10(11)9-16/h7-9,17H,1-6H3. The third-order valence-electron chi connectivity index (χ3n) is 2.91. The van der Waals surface area contributed by atoms with Crippen molar-refractivity contribution < 1.29 is 9.90 Å². The number of hydrogen-bond donors (Lipinski definition) is 1. The van der Waals surface area contributed by atoms with Gasteiger partial charge in [0.25, 0.3) is 0 Å². The van der Waals surface area contributed by atoms with Gasteiger partial charge < -0.3 is 5.11 Å². The Morgan fingerprint density at radius 2 is 1.41 bits per heavy atom. The van der Waals surface area contributed by atoms with Gasteiger partial charge in [0, 0.05) is 5.56 Å². The molecule has 2 heteroatoms. The third-order valence-corrected chi connectivity index (χ3v) is 2.91. The van der Waals surface area contributed by atoms with Gasteiger partial charge in [-0.3, -0.25) is 4.79 Å². The molecule has 0 fully saturated rings. The molecule has 0 spiro atoms. The van der Waals surface area contributed by atoms with Crippen LogP contribution in [0.25, 0.3) is 0 Å². The maximum absolute atomic E-state index is 11.2. The Bertz CT molecular complexity index is 431. The van der Waals surface area contributed by atoms with Crippen molar-refractivity contribution in [3.05, 3.63) is 28.8 Å². The van der Waals surface area contributed by atoms with Gasteiger partial charge in [0.05, 0.1) is 0 Å². The molecule has 1 aromatic rings. The molecule has 0 saturated heterocycles. The first-order valence-electron chi connectivity index (χ1n) is 5.90. The Morgan fingerprint density at radius 3 is 1.76 bits per heavy atom. The van der Waals surface area contributed by atoms with Crippen molar-refractivity contribution in [2.24, 2.45) is 0 Å². The number of carbonyl (C=O) groups excluding carboxylic acids is 1. The molecule has 0 amide bonds. The largest absolute Gasteiger partial charge is 0.508 e. The summed E-state index contributed by atoms with van der Waals surface area (Å²) in [7, 11) is 0. The number of hydrogen-bond acceptors (Lipinski definition) is 2. The minimum Gasteiger partial charge on any atom is -0.508 e. The summed E-state index contributed by atoms with van der Waals surface area (Å²) in [5.74, 6) is 0.271. The average Bonchev–Trinajstić information content (AvgIpc) is 2.14. The maximum Gasteiger partial charge on any atom is 0.150 e. The number of benzene rings is 1. The number of carbonyl (C=O) groups is 1. The number of aromatic hydroxyl groups is 1. The molecule has 0 atom stereocenters. The molecule has 0 saturated carbocycles. The summed E-state index contributed by atoms with van der Waals surface area (Å²) in [6, 6.07) is 3.53. The first kappa shape index (κ1) is 13.8. The highest BCUT2D eigenvalue weighted by Crippen LogP contribution is 2.36. The monoisotopic (exact) mass is 234 g/mol. The zero-order valence-electron chi connectivity index (χ0n) is 11.6. The normalized spacial score (nSPS) is 12.6. The lowest BCUT2D eigenvalue weighted by Crippen LogP contribution is -2.17. The van der Waals surface area contributed by atoms with E-state index in [9.17, 15) is 9.90 Å². The van der Waals surface area contributed by atoms with Gasteiger partial charge in [0.15, 0.2) is 0 Å². The molecule has 1 aromatic carbocycles. The topological polar surface area (TPSA) is 37.3 Å². The highest BCUT2D eigenvalue weighted by Gasteiger charge is 2.24. The second-order valence-electron chi connectivity index (χ2n) is 6.57. The van der Waals surface area contributed by atoms with Crippen molar-refractivity contribution in [2.45, 2.75) is 52.4 Å². The van der Waals surface area contributed by atoms with E-state index in [1.807, 2.05) is 47.6 Å². The van der Waals surface area contributed by atoms with Crippen molar-refractivity contribution in [3.8, 4) is 5.75 Å². The predicted octanol–water partition coefficient (Wildman–Crippen LogP) is 3.80. The van der Waals surface area contributed by atoms with Crippen molar-refractivity contribution in [2.75, 3.05) is 0 Å². The van der Waals surface area contributed by atoms with E-state index in [4.69, 9.17) is 0 Å². The molecule has 1 rings (SSSR count). The molecule has 0 bridgehead atoms. The molecular weight excluding hydrogens is 212 g/mol. The summed E-state index contributed by atoms with van der Waals surface area (Å²) in [6.07, 6.45) is 0.870. The Kier molecular flexibility index (Phi) is 3.37. The van der Waals surface area contributed by atoms with E-state index in [2.05, 4.69) is 0 Å². The molecule has 0 aliphatic heterocycles. The van der Waals surface area contributed by atoms with Gasteiger partial charge in [-0.25, -0.2) is 0 Å². The molecule has 0 unspecified atom stereocenters. The number of rotatable bonds is 1. The van der Waals surface area contributed by atoms with E-state index < -0.39 is 0 Å². The van der Waals surface area contributed by atoms with E-state index in [0.29, 0.717) is 5.56 Å². The predicted molar refractivity (Wildman–Crippen MR) is 70.9 cm³/mol. The first-order chi connectivity index (χ1) is 7.57. The summed E-state index contributed by atoms with van der Waals surface area (Å²) in [6.45, 7) is 12.2. The van der Waals surface area contributed by atoms with Gasteiger partial charge in [-0.2, -0.15) is 0 Å². The van der Waals surface area contributed by atoms with Crippen LogP contribution in [0.1, 0.15) is 63.0 Å². The Labute approximate surface area is 104 Å². The van der Waals surface area contributed by atoms with Crippen molar-refractivity contribution >= 4 is 6.29 Å². The molecule has 1 N–H and O–H groups in total. The van der Waals surface area contributed by atoms with Gasteiger partial charge in [-0.1, -0.05) is 41.5 Å². The Hall–Kier alpha value is -1.31. The van der Waals surface area contributed by atoms with Crippen molar-refractivity contribution in [1.82, 2.24) is 0 Å². The van der Waals surface area contributed by atoms with Gasteiger partial charge in [-0.05, 0) is 34.1 Å². The van der Waals surface area contributed by atoms with Crippen LogP contribution in [0.5, 0.6) is 5.75 Å². The molecule has 0 aliphatic rings. The number of aldehydes is 1. The lowest BCUT2D eigenvalue weighted by molar-refractivity contribution is 0.112. The zero-order valence-corrected chi connectivity index (χ0v) is 11.6.